The van der Waals surface area contributed by atoms with Gasteiger partial charge in [-0.1, -0.05) is 29.8 Å². The number of anilines is 2. The minimum absolute atomic E-state index is 0.0862. The van der Waals surface area contributed by atoms with Gasteiger partial charge < -0.3 is 5.32 Å². The van der Waals surface area contributed by atoms with Crippen LogP contribution < -0.4 is 10.2 Å². The van der Waals surface area contributed by atoms with E-state index in [0.717, 1.165) is 4.90 Å². The van der Waals surface area contributed by atoms with Gasteiger partial charge in [-0.15, -0.1) is 0 Å². The molecule has 0 spiro atoms. The van der Waals surface area contributed by atoms with Crippen molar-refractivity contribution >= 4 is 46.4 Å². The van der Waals surface area contributed by atoms with Crippen LogP contribution in [0.3, 0.4) is 0 Å². The maximum atomic E-state index is 12.7. The Labute approximate surface area is 181 Å². The van der Waals surface area contributed by atoms with E-state index in [2.05, 4.69) is 5.32 Å². The first-order valence-corrected chi connectivity index (χ1v) is 9.50. The Morgan fingerprint density at radius 2 is 1.65 bits per heavy atom. The molecule has 0 bridgehead atoms. The molecule has 3 aromatic carbocycles. The van der Waals surface area contributed by atoms with Crippen molar-refractivity contribution in [2.75, 3.05) is 10.2 Å². The number of nitro groups is 1. The molecule has 31 heavy (non-hydrogen) atoms. The van der Waals surface area contributed by atoms with Crippen molar-refractivity contribution in [3.8, 4) is 0 Å². The first-order valence-electron chi connectivity index (χ1n) is 9.12. The number of carbonyl (C=O) groups excluding carboxylic acids is 3. The van der Waals surface area contributed by atoms with Crippen LogP contribution in [0.1, 0.15) is 36.6 Å². The van der Waals surface area contributed by atoms with E-state index in [1.54, 1.807) is 24.3 Å². The topological polar surface area (TPSA) is 110 Å². The molecular formula is C22H14ClN3O5. The average molecular weight is 436 g/mol. The highest BCUT2D eigenvalue weighted by Gasteiger charge is 2.37. The molecule has 0 saturated heterocycles. The first-order chi connectivity index (χ1) is 14.8. The van der Waals surface area contributed by atoms with Gasteiger partial charge in [-0.2, -0.15) is 0 Å². The molecule has 0 saturated carbocycles. The fourth-order valence-corrected chi connectivity index (χ4v) is 3.70. The molecule has 0 unspecified atom stereocenters. The number of fused-ring (bicyclic) bond motifs is 1. The second-order valence-corrected chi connectivity index (χ2v) is 7.23. The molecular weight excluding hydrogens is 422 g/mol. The zero-order chi connectivity index (χ0) is 22.3. The van der Waals surface area contributed by atoms with Crippen LogP contribution in [0.25, 0.3) is 0 Å². The van der Waals surface area contributed by atoms with E-state index in [1.807, 2.05) is 0 Å². The number of hydrogen-bond acceptors (Lipinski definition) is 5. The standard InChI is InChI=1S/C22H14ClN3O5/c1-12-14(7-4-8-18(12)26(30)31)20(27)24-13-9-10-19(17(23)11-13)25-21(28)15-5-2-3-6-16(15)22(25)29/h2-11H,1H3,(H,24,27). The summed E-state index contributed by atoms with van der Waals surface area (Å²) in [5.41, 5.74) is 1.31. The molecule has 0 radical (unpaired) electrons. The number of halogens is 1. The van der Waals surface area contributed by atoms with Crippen molar-refractivity contribution in [2.45, 2.75) is 6.92 Å². The second kappa shape index (κ2) is 7.66. The van der Waals surface area contributed by atoms with Crippen LogP contribution in [0.2, 0.25) is 5.02 Å². The number of carbonyl (C=O) groups is 3. The highest BCUT2D eigenvalue weighted by atomic mass is 35.5. The summed E-state index contributed by atoms with van der Waals surface area (Å²) in [7, 11) is 0. The number of amides is 3. The lowest BCUT2D eigenvalue weighted by Crippen LogP contribution is -2.29. The molecule has 0 atom stereocenters. The molecule has 0 aliphatic carbocycles. The van der Waals surface area contributed by atoms with Gasteiger partial charge in [0.2, 0.25) is 0 Å². The van der Waals surface area contributed by atoms with E-state index < -0.39 is 22.6 Å². The molecule has 4 rings (SSSR count). The molecule has 0 fully saturated rings. The third-order valence-electron chi connectivity index (χ3n) is 4.99. The van der Waals surface area contributed by atoms with Gasteiger partial charge in [0.15, 0.2) is 0 Å². The van der Waals surface area contributed by atoms with Crippen molar-refractivity contribution in [2.24, 2.45) is 0 Å². The SMILES string of the molecule is Cc1c(C(=O)Nc2ccc(N3C(=O)c4ccccc4C3=O)c(Cl)c2)cccc1[N+](=O)[O-]. The third kappa shape index (κ3) is 3.43. The Morgan fingerprint density at radius 1 is 1.00 bits per heavy atom. The minimum atomic E-state index is -0.556. The third-order valence-corrected chi connectivity index (χ3v) is 5.29. The Bertz CT molecular complexity index is 1250. The Kier molecular flexibility index (Phi) is 5.00. The molecule has 8 nitrogen and oxygen atoms in total. The van der Waals surface area contributed by atoms with Crippen molar-refractivity contribution in [1.82, 2.24) is 0 Å². The van der Waals surface area contributed by atoms with Crippen molar-refractivity contribution in [1.29, 1.82) is 0 Å². The predicted molar refractivity (Wildman–Crippen MR) is 115 cm³/mol. The van der Waals surface area contributed by atoms with Crippen molar-refractivity contribution in [3.05, 3.63) is 98.1 Å². The normalized spacial score (nSPS) is 12.6. The van der Waals surface area contributed by atoms with Crippen LogP contribution in [0, 0.1) is 17.0 Å². The lowest BCUT2D eigenvalue weighted by Gasteiger charge is -2.16. The minimum Gasteiger partial charge on any atom is -0.322 e. The van der Waals surface area contributed by atoms with Gasteiger partial charge in [-0.3, -0.25) is 24.5 Å². The molecule has 3 amide bonds. The number of nitrogens with zero attached hydrogens (tertiary/aromatic N) is 2. The Morgan fingerprint density at radius 3 is 2.23 bits per heavy atom. The van der Waals surface area contributed by atoms with E-state index in [4.69, 9.17) is 11.6 Å². The van der Waals surface area contributed by atoms with E-state index in [9.17, 15) is 24.5 Å². The summed E-state index contributed by atoms with van der Waals surface area (Å²) < 4.78 is 0. The quantitative estimate of drug-likeness (QED) is 0.365. The Balaban J connectivity index is 1.60. The lowest BCUT2D eigenvalue weighted by atomic mass is 10.1. The van der Waals surface area contributed by atoms with E-state index >= 15 is 0 Å². The fourth-order valence-electron chi connectivity index (χ4n) is 3.44. The van der Waals surface area contributed by atoms with Crippen LogP contribution in [0.15, 0.2) is 60.7 Å². The lowest BCUT2D eigenvalue weighted by molar-refractivity contribution is -0.385. The largest absolute Gasteiger partial charge is 0.322 e. The first kappa shape index (κ1) is 20.2. The predicted octanol–water partition coefficient (Wildman–Crippen LogP) is 4.61. The number of imide groups is 1. The van der Waals surface area contributed by atoms with Crippen LogP contribution in [0.5, 0.6) is 0 Å². The summed E-state index contributed by atoms with van der Waals surface area (Å²) in [5.74, 6) is -1.51. The summed E-state index contributed by atoms with van der Waals surface area (Å²) in [6, 6.07) is 15.1. The van der Waals surface area contributed by atoms with Gasteiger partial charge >= 0.3 is 0 Å². The number of rotatable bonds is 4. The highest BCUT2D eigenvalue weighted by Crippen LogP contribution is 2.35. The van der Waals surface area contributed by atoms with Crippen molar-refractivity contribution in [3.63, 3.8) is 0 Å². The fraction of sp³-hybridized carbons (Fsp3) is 0.0455. The Hall–Kier alpha value is -4.04. The smallest absolute Gasteiger partial charge is 0.273 e. The number of benzene rings is 3. The number of hydrogen-bond donors (Lipinski definition) is 1. The molecule has 1 heterocycles. The summed E-state index contributed by atoms with van der Waals surface area (Å²) in [4.78, 5) is 49.5. The van der Waals surface area contributed by atoms with E-state index in [-0.39, 0.29) is 27.5 Å². The van der Waals surface area contributed by atoms with Gasteiger partial charge in [0.1, 0.15) is 0 Å². The van der Waals surface area contributed by atoms with Crippen molar-refractivity contribution < 1.29 is 19.3 Å². The van der Waals surface area contributed by atoms with Crippen LogP contribution in [0.4, 0.5) is 17.1 Å². The molecule has 1 aliphatic heterocycles. The maximum Gasteiger partial charge on any atom is 0.273 e. The van der Waals surface area contributed by atoms with E-state index in [1.165, 1.54) is 43.3 Å². The maximum absolute atomic E-state index is 12.7. The zero-order valence-electron chi connectivity index (χ0n) is 16.1. The summed E-state index contributed by atoms with van der Waals surface area (Å²) >= 11 is 6.32. The number of nitrogens with one attached hydrogen (secondary N) is 1. The number of nitro benzene ring substituents is 1. The van der Waals surface area contributed by atoms with Gasteiger partial charge in [0.05, 0.1) is 26.8 Å². The highest BCUT2D eigenvalue weighted by molar-refractivity contribution is 6.40. The summed E-state index contributed by atoms with van der Waals surface area (Å²) in [6.45, 7) is 1.49. The summed E-state index contributed by atoms with van der Waals surface area (Å²) in [6.07, 6.45) is 0. The second-order valence-electron chi connectivity index (χ2n) is 6.82. The van der Waals surface area contributed by atoms with Gasteiger partial charge in [0.25, 0.3) is 23.4 Å². The van der Waals surface area contributed by atoms with Gasteiger partial charge in [-0.25, -0.2) is 4.90 Å². The molecule has 3 aromatic rings. The molecule has 1 aliphatic rings. The van der Waals surface area contributed by atoms with Crippen LogP contribution >= 0.6 is 11.6 Å². The average Bonchev–Trinajstić information content (AvgIpc) is 2.99. The van der Waals surface area contributed by atoms with E-state index in [0.29, 0.717) is 16.8 Å². The molecule has 154 valence electrons. The van der Waals surface area contributed by atoms with Gasteiger partial charge in [0, 0.05) is 22.9 Å². The van der Waals surface area contributed by atoms with Crippen LogP contribution in [-0.2, 0) is 0 Å². The molecule has 1 N–H and O–H groups in total. The van der Waals surface area contributed by atoms with Gasteiger partial charge in [-0.05, 0) is 43.3 Å². The monoisotopic (exact) mass is 435 g/mol. The zero-order valence-corrected chi connectivity index (χ0v) is 16.8. The summed E-state index contributed by atoms with van der Waals surface area (Å²) in [5, 5.41) is 13.8. The molecule has 0 aromatic heterocycles. The van der Waals surface area contributed by atoms with Crippen LogP contribution in [-0.4, -0.2) is 22.6 Å². The molecule has 9 heteroatoms.